The minimum Gasteiger partial charge on any atom is -0.350 e. The summed E-state index contributed by atoms with van der Waals surface area (Å²) in [6.07, 6.45) is 0. The quantitative estimate of drug-likeness (QED) is 0.425. The zero-order valence-corrected chi connectivity index (χ0v) is 20.5. The van der Waals surface area contributed by atoms with E-state index in [1.807, 2.05) is 49.6 Å². The van der Waals surface area contributed by atoms with Gasteiger partial charge in [0.1, 0.15) is 22.7 Å². The molecule has 1 N–H and O–H groups in total. The van der Waals surface area contributed by atoms with Crippen LogP contribution in [0.15, 0.2) is 66.0 Å². The Kier molecular flexibility index (Phi) is 5.76. The van der Waals surface area contributed by atoms with Crippen molar-refractivity contribution in [2.24, 2.45) is 0 Å². The molecule has 0 bridgehead atoms. The molecule has 8 heteroatoms. The van der Waals surface area contributed by atoms with Crippen LogP contribution < -0.4 is 10.2 Å². The monoisotopic (exact) mass is 488 g/mol. The molecule has 6 nitrogen and oxygen atoms in total. The van der Waals surface area contributed by atoms with Crippen LogP contribution in [-0.4, -0.2) is 27.1 Å². The van der Waals surface area contributed by atoms with Gasteiger partial charge in [-0.3, -0.25) is 19.2 Å². The molecule has 0 radical (unpaired) electrons. The maximum absolute atomic E-state index is 13.9. The Bertz CT molecular complexity index is 1410. The van der Waals surface area contributed by atoms with Gasteiger partial charge in [-0.05, 0) is 67.6 Å². The van der Waals surface area contributed by atoms with Crippen molar-refractivity contribution >= 4 is 28.8 Å². The van der Waals surface area contributed by atoms with Gasteiger partial charge in [0, 0.05) is 12.2 Å². The molecule has 1 atom stereocenters. The van der Waals surface area contributed by atoms with Gasteiger partial charge < -0.3 is 5.32 Å². The van der Waals surface area contributed by atoms with Crippen LogP contribution in [0.2, 0.25) is 0 Å². The second-order valence-electron chi connectivity index (χ2n) is 9.06. The van der Waals surface area contributed by atoms with Crippen LogP contribution in [0.25, 0.3) is 10.6 Å². The Morgan fingerprint density at radius 3 is 2.60 bits per heavy atom. The molecule has 1 unspecified atom stereocenters. The van der Waals surface area contributed by atoms with Crippen molar-refractivity contribution in [3.05, 3.63) is 94.2 Å². The fourth-order valence-electron chi connectivity index (χ4n) is 4.54. The van der Waals surface area contributed by atoms with E-state index in [1.54, 1.807) is 46.0 Å². The average Bonchev–Trinajstić information content (AvgIpc) is 3.50. The van der Waals surface area contributed by atoms with Crippen molar-refractivity contribution in [1.29, 1.82) is 0 Å². The third-order valence-electron chi connectivity index (χ3n) is 6.38. The van der Waals surface area contributed by atoms with E-state index in [1.165, 1.54) is 12.1 Å². The van der Waals surface area contributed by atoms with Crippen LogP contribution in [-0.2, 0) is 17.9 Å². The van der Waals surface area contributed by atoms with E-state index in [2.05, 4.69) is 10.4 Å². The van der Waals surface area contributed by atoms with Gasteiger partial charge in [0.05, 0.1) is 11.4 Å². The first-order valence-corrected chi connectivity index (χ1v) is 12.2. The number of aryl methyl sites for hydroxylation is 2. The third kappa shape index (κ3) is 4.14. The lowest BCUT2D eigenvalue weighted by Gasteiger charge is -2.43. The number of rotatable bonds is 5. The van der Waals surface area contributed by atoms with Gasteiger partial charge in [-0.1, -0.05) is 35.9 Å². The van der Waals surface area contributed by atoms with E-state index in [4.69, 9.17) is 0 Å². The fourth-order valence-corrected chi connectivity index (χ4v) is 5.22. The number of benzene rings is 2. The number of amides is 2. The molecular weight excluding hydrogens is 463 g/mol. The third-order valence-corrected chi connectivity index (χ3v) is 7.27. The lowest BCUT2D eigenvalue weighted by Crippen LogP contribution is -2.64. The molecule has 1 aliphatic heterocycles. The molecule has 0 aliphatic carbocycles. The summed E-state index contributed by atoms with van der Waals surface area (Å²) in [5.74, 6) is -0.925. The largest absolute Gasteiger partial charge is 0.350 e. The highest BCUT2D eigenvalue weighted by molar-refractivity contribution is 7.13. The average molecular weight is 489 g/mol. The molecule has 2 aromatic heterocycles. The van der Waals surface area contributed by atoms with Crippen molar-refractivity contribution in [3.8, 4) is 10.6 Å². The summed E-state index contributed by atoms with van der Waals surface area (Å²) in [6, 6.07) is 17.5. The lowest BCUT2D eigenvalue weighted by atomic mass is 9.92. The number of anilines is 1. The molecule has 4 aromatic rings. The Morgan fingerprint density at radius 1 is 1.14 bits per heavy atom. The normalized spacial score (nSPS) is 17.4. The smallest absolute Gasteiger partial charge is 0.277 e. The first kappa shape index (κ1) is 23.0. The number of carbonyl (C=O) groups is 2. The highest BCUT2D eigenvalue weighted by Crippen LogP contribution is 2.36. The van der Waals surface area contributed by atoms with Crippen molar-refractivity contribution in [2.75, 3.05) is 4.90 Å². The SMILES string of the molecule is Cc1ccc(N2C(=O)c3cc(-c4cccs4)nn3CC2(C)C(=O)NCc2ccc(F)cc2)c(C)c1. The molecule has 0 saturated heterocycles. The van der Waals surface area contributed by atoms with Crippen LogP contribution >= 0.6 is 11.3 Å². The van der Waals surface area contributed by atoms with Crippen LogP contribution in [0, 0.1) is 19.7 Å². The Morgan fingerprint density at radius 2 is 1.91 bits per heavy atom. The molecule has 1 aliphatic rings. The van der Waals surface area contributed by atoms with Gasteiger partial charge in [0.25, 0.3) is 5.91 Å². The topological polar surface area (TPSA) is 67.2 Å². The minimum absolute atomic E-state index is 0.196. The lowest BCUT2D eigenvalue weighted by molar-refractivity contribution is -0.126. The van der Waals surface area contributed by atoms with Crippen LogP contribution in [0.1, 0.15) is 34.1 Å². The maximum Gasteiger partial charge on any atom is 0.277 e. The van der Waals surface area contributed by atoms with Crippen molar-refractivity contribution in [1.82, 2.24) is 15.1 Å². The minimum atomic E-state index is -1.23. The number of aromatic nitrogens is 2. The Labute approximate surface area is 207 Å². The van der Waals surface area contributed by atoms with Crippen molar-refractivity contribution in [3.63, 3.8) is 0 Å². The van der Waals surface area contributed by atoms with E-state index in [9.17, 15) is 14.0 Å². The van der Waals surface area contributed by atoms with Gasteiger partial charge >= 0.3 is 0 Å². The number of fused-ring (bicyclic) bond motifs is 1. The number of thiophene rings is 1. The van der Waals surface area contributed by atoms with E-state index in [-0.39, 0.29) is 30.7 Å². The zero-order chi connectivity index (χ0) is 24.7. The standard InChI is InChI=1S/C27H25FN4O2S/c1-17-6-11-22(18(2)13-17)32-25(33)23-14-21(24-5-4-12-35-24)30-31(23)16-27(32,3)26(34)29-15-19-7-9-20(28)10-8-19/h4-14H,15-16H2,1-3H3,(H,29,34). The molecule has 2 amide bonds. The van der Waals surface area contributed by atoms with Crippen molar-refractivity contribution in [2.45, 2.75) is 39.4 Å². The summed E-state index contributed by atoms with van der Waals surface area (Å²) in [7, 11) is 0. The summed E-state index contributed by atoms with van der Waals surface area (Å²) < 4.78 is 14.9. The van der Waals surface area contributed by atoms with Gasteiger partial charge in [-0.15, -0.1) is 11.3 Å². The number of nitrogens with zero attached hydrogens (tertiary/aromatic N) is 3. The van der Waals surface area contributed by atoms with Gasteiger partial charge in [-0.2, -0.15) is 5.10 Å². The van der Waals surface area contributed by atoms with Crippen LogP contribution in [0.5, 0.6) is 0 Å². The van der Waals surface area contributed by atoms with Gasteiger partial charge in [-0.25, -0.2) is 4.39 Å². The number of halogens is 1. The molecule has 0 saturated carbocycles. The Hall–Kier alpha value is -3.78. The predicted octanol–water partition coefficient (Wildman–Crippen LogP) is 5.10. The second kappa shape index (κ2) is 8.78. The first-order chi connectivity index (χ1) is 16.8. The van der Waals surface area contributed by atoms with Crippen molar-refractivity contribution < 1.29 is 14.0 Å². The summed E-state index contributed by atoms with van der Waals surface area (Å²) in [6.45, 7) is 6.11. The zero-order valence-electron chi connectivity index (χ0n) is 19.7. The number of nitrogens with one attached hydrogen (secondary N) is 1. The molecule has 3 heterocycles. The molecule has 35 heavy (non-hydrogen) atoms. The van der Waals surface area contributed by atoms with E-state index < -0.39 is 5.54 Å². The molecule has 5 rings (SSSR count). The van der Waals surface area contributed by atoms with Gasteiger partial charge in [0.15, 0.2) is 0 Å². The predicted molar refractivity (Wildman–Crippen MR) is 135 cm³/mol. The molecule has 2 aromatic carbocycles. The highest BCUT2D eigenvalue weighted by atomic mass is 32.1. The van der Waals surface area contributed by atoms with E-state index in [0.29, 0.717) is 17.1 Å². The second-order valence-corrected chi connectivity index (χ2v) is 10.0. The summed E-state index contributed by atoms with van der Waals surface area (Å²) in [5, 5.41) is 9.59. The number of hydrogen-bond acceptors (Lipinski definition) is 4. The molecule has 178 valence electrons. The summed E-state index contributed by atoms with van der Waals surface area (Å²) in [4.78, 5) is 30.2. The Balaban J connectivity index is 1.55. The van der Waals surface area contributed by atoms with Crippen LogP contribution in [0.4, 0.5) is 10.1 Å². The highest BCUT2D eigenvalue weighted by Gasteiger charge is 2.49. The van der Waals surface area contributed by atoms with Crippen LogP contribution in [0.3, 0.4) is 0 Å². The van der Waals surface area contributed by atoms with E-state index in [0.717, 1.165) is 21.6 Å². The summed E-state index contributed by atoms with van der Waals surface area (Å²) >= 11 is 1.55. The van der Waals surface area contributed by atoms with Gasteiger partial charge in [0.2, 0.25) is 5.91 Å². The van der Waals surface area contributed by atoms with E-state index >= 15 is 0 Å². The summed E-state index contributed by atoms with van der Waals surface area (Å²) in [5.41, 5.74) is 3.35. The first-order valence-electron chi connectivity index (χ1n) is 11.3. The number of carbonyl (C=O) groups excluding carboxylic acids is 2. The fraction of sp³-hybridized carbons (Fsp3) is 0.222. The maximum atomic E-state index is 13.9. The molecule has 0 spiro atoms. The molecule has 0 fully saturated rings. The number of hydrogen-bond donors (Lipinski definition) is 1. The molecular formula is C27H25FN4O2S.